The van der Waals surface area contributed by atoms with Gasteiger partial charge in [-0.05, 0) is 79.3 Å². The van der Waals surface area contributed by atoms with Gasteiger partial charge >= 0.3 is 0 Å². The Morgan fingerprint density at radius 2 is 1.00 bits per heavy atom. The Labute approximate surface area is 307 Å². The van der Waals surface area contributed by atoms with Gasteiger partial charge in [-0.15, -0.1) is 11.3 Å². The molecule has 9 aromatic carbocycles. The van der Waals surface area contributed by atoms with Gasteiger partial charge in [0.05, 0.1) is 11.6 Å². The number of para-hydroxylation sites is 1. The second-order valence-electron chi connectivity index (χ2n) is 13.9. The highest BCUT2D eigenvalue weighted by Crippen LogP contribution is 2.50. The summed E-state index contributed by atoms with van der Waals surface area (Å²) in [6.07, 6.45) is 1.90. The molecule has 0 saturated carbocycles. The van der Waals surface area contributed by atoms with Gasteiger partial charge in [-0.3, -0.25) is 0 Å². The fourth-order valence-corrected chi connectivity index (χ4v) is 9.98. The van der Waals surface area contributed by atoms with Crippen molar-refractivity contribution in [2.75, 3.05) is 0 Å². The molecule has 0 radical (unpaired) electrons. The standard InChI is InChI=1S/C50H28O2S/c1-2-12-30-27-31(24-23-29(30)11-1)41-28-51-50-36(41)25-26-42-48(50)40-20-9-19-39(49(40)52-42)46-34-15-5-3-13-32(34)45(33-14-4-6-16-35(33)46)38-18-10-22-44-47(38)37-17-7-8-21-43(37)53-44/h1-28H. The van der Waals surface area contributed by atoms with Crippen LogP contribution in [-0.2, 0) is 0 Å². The van der Waals surface area contributed by atoms with E-state index in [0.29, 0.717) is 0 Å². The molecule has 0 N–H and O–H groups in total. The molecule has 0 amide bonds. The zero-order valence-corrected chi connectivity index (χ0v) is 29.2. The molecule has 0 fully saturated rings. The monoisotopic (exact) mass is 692 g/mol. The fourth-order valence-electron chi connectivity index (χ4n) is 8.84. The number of furan rings is 2. The van der Waals surface area contributed by atoms with Crippen LogP contribution in [0.25, 0.3) is 119 Å². The number of rotatable bonds is 3. The largest absolute Gasteiger partial charge is 0.463 e. The summed E-state index contributed by atoms with van der Waals surface area (Å²) in [6, 6.07) is 59.2. The van der Waals surface area contributed by atoms with Crippen LogP contribution in [0.15, 0.2) is 179 Å². The molecular formula is C50H28O2S. The van der Waals surface area contributed by atoms with Crippen molar-refractivity contribution >= 4 is 96.7 Å². The maximum atomic E-state index is 6.87. The number of hydrogen-bond acceptors (Lipinski definition) is 3. The second-order valence-corrected chi connectivity index (χ2v) is 15.0. The molecule has 0 aliphatic heterocycles. The average Bonchev–Trinajstić information content (AvgIpc) is 3.93. The first-order valence-corrected chi connectivity index (χ1v) is 18.8. The van der Waals surface area contributed by atoms with Crippen LogP contribution in [-0.4, -0.2) is 0 Å². The van der Waals surface area contributed by atoms with Crippen molar-refractivity contribution in [2.45, 2.75) is 0 Å². The zero-order chi connectivity index (χ0) is 34.6. The fraction of sp³-hybridized carbons (Fsp3) is 0. The lowest BCUT2D eigenvalue weighted by atomic mass is 9.84. The van der Waals surface area contributed by atoms with Gasteiger partial charge in [0, 0.05) is 47.6 Å². The summed E-state index contributed by atoms with van der Waals surface area (Å²) in [4.78, 5) is 0. The van der Waals surface area contributed by atoms with E-state index in [9.17, 15) is 0 Å². The zero-order valence-electron chi connectivity index (χ0n) is 28.4. The Morgan fingerprint density at radius 3 is 1.79 bits per heavy atom. The summed E-state index contributed by atoms with van der Waals surface area (Å²) in [5.41, 5.74) is 9.55. The molecule has 12 rings (SSSR count). The summed E-state index contributed by atoms with van der Waals surface area (Å²) in [7, 11) is 0. The number of fused-ring (bicyclic) bond motifs is 11. The molecule has 0 atom stereocenters. The smallest absolute Gasteiger partial charge is 0.146 e. The summed E-state index contributed by atoms with van der Waals surface area (Å²) >= 11 is 1.87. The molecule has 0 unspecified atom stereocenters. The van der Waals surface area contributed by atoms with E-state index in [2.05, 4.69) is 164 Å². The van der Waals surface area contributed by atoms with Crippen molar-refractivity contribution in [3.05, 3.63) is 170 Å². The van der Waals surface area contributed by atoms with E-state index in [1.54, 1.807) is 0 Å². The third kappa shape index (κ3) is 4.08. The minimum Gasteiger partial charge on any atom is -0.463 e. The number of thiophene rings is 1. The first-order valence-electron chi connectivity index (χ1n) is 18.0. The molecule has 0 saturated heterocycles. The number of benzene rings is 9. The molecule has 0 aliphatic rings. The van der Waals surface area contributed by atoms with Crippen LogP contribution in [0, 0.1) is 0 Å². The highest BCUT2D eigenvalue weighted by atomic mass is 32.1. The molecule has 3 heteroatoms. The van der Waals surface area contributed by atoms with Gasteiger partial charge in [-0.2, -0.15) is 0 Å². The Hall–Kier alpha value is -6.68. The van der Waals surface area contributed by atoms with Crippen LogP contribution in [0.3, 0.4) is 0 Å². The van der Waals surface area contributed by atoms with Crippen LogP contribution in [0.4, 0.5) is 0 Å². The second kappa shape index (κ2) is 10.9. The molecule has 2 nitrogen and oxygen atoms in total. The van der Waals surface area contributed by atoms with E-state index >= 15 is 0 Å². The topological polar surface area (TPSA) is 26.3 Å². The lowest BCUT2D eigenvalue weighted by molar-refractivity contribution is 0.619. The van der Waals surface area contributed by atoms with Crippen LogP contribution < -0.4 is 0 Å². The van der Waals surface area contributed by atoms with E-state index < -0.39 is 0 Å². The summed E-state index contributed by atoms with van der Waals surface area (Å²) in [5.74, 6) is 0. The van der Waals surface area contributed by atoms with E-state index in [1.165, 1.54) is 69.2 Å². The lowest BCUT2D eigenvalue weighted by Gasteiger charge is -2.18. The van der Waals surface area contributed by atoms with Gasteiger partial charge in [0.15, 0.2) is 0 Å². The van der Waals surface area contributed by atoms with Gasteiger partial charge < -0.3 is 8.83 Å². The summed E-state index contributed by atoms with van der Waals surface area (Å²) in [5, 5.41) is 13.1. The van der Waals surface area contributed by atoms with Crippen LogP contribution in [0.2, 0.25) is 0 Å². The van der Waals surface area contributed by atoms with Gasteiger partial charge in [-0.25, -0.2) is 0 Å². The Balaban J connectivity index is 1.13. The minimum absolute atomic E-state index is 0.820. The summed E-state index contributed by atoms with van der Waals surface area (Å²) in [6.45, 7) is 0. The van der Waals surface area contributed by atoms with Crippen molar-refractivity contribution in [1.29, 1.82) is 0 Å². The van der Waals surface area contributed by atoms with E-state index in [1.807, 2.05) is 17.6 Å². The van der Waals surface area contributed by atoms with Crippen LogP contribution >= 0.6 is 11.3 Å². The van der Waals surface area contributed by atoms with Crippen molar-refractivity contribution in [3.8, 4) is 33.4 Å². The van der Waals surface area contributed by atoms with Crippen molar-refractivity contribution in [1.82, 2.24) is 0 Å². The molecule has 3 heterocycles. The average molecular weight is 693 g/mol. The van der Waals surface area contributed by atoms with Gasteiger partial charge in [-0.1, -0.05) is 133 Å². The molecule has 0 spiro atoms. The van der Waals surface area contributed by atoms with Gasteiger partial charge in [0.1, 0.15) is 16.7 Å². The van der Waals surface area contributed by atoms with E-state index in [0.717, 1.165) is 49.6 Å². The molecule has 12 aromatic rings. The van der Waals surface area contributed by atoms with E-state index in [4.69, 9.17) is 8.83 Å². The number of hydrogen-bond donors (Lipinski definition) is 0. The molecule has 0 aliphatic carbocycles. The van der Waals surface area contributed by atoms with Crippen molar-refractivity contribution < 1.29 is 8.83 Å². The van der Waals surface area contributed by atoms with Crippen molar-refractivity contribution in [3.63, 3.8) is 0 Å². The first kappa shape index (κ1) is 29.0. The molecular weight excluding hydrogens is 665 g/mol. The third-order valence-electron chi connectivity index (χ3n) is 11.1. The normalized spacial score (nSPS) is 12.2. The van der Waals surface area contributed by atoms with Crippen LogP contribution in [0.1, 0.15) is 0 Å². The maximum Gasteiger partial charge on any atom is 0.146 e. The predicted molar refractivity (Wildman–Crippen MR) is 225 cm³/mol. The van der Waals surface area contributed by atoms with Gasteiger partial charge in [0.25, 0.3) is 0 Å². The SMILES string of the molecule is c1ccc2cc(-c3coc4c3ccc3oc5c(-c6c7ccccc7c(-c7cccc8sc9ccccc9c78)c7ccccc67)cccc5c34)ccc2c1. The molecule has 53 heavy (non-hydrogen) atoms. The molecule has 0 bridgehead atoms. The first-order chi connectivity index (χ1) is 26.3. The van der Waals surface area contributed by atoms with Gasteiger partial charge in [0.2, 0.25) is 0 Å². The highest BCUT2D eigenvalue weighted by Gasteiger charge is 2.23. The summed E-state index contributed by atoms with van der Waals surface area (Å²) < 4.78 is 15.9. The molecule has 3 aromatic heterocycles. The van der Waals surface area contributed by atoms with Crippen LogP contribution in [0.5, 0.6) is 0 Å². The van der Waals surface area contributed by atoms with Crippen molar-refractivity contribution in [2.24, 2.45) is 0 Å². The third-order valence-corrected chi connectivity index (χ3v) is 12.3. The minimum atomic E-state index is 0.820. The Kier molecular flexibility index (Phi) is 5.96. The highest BCUT2D eigenvalue weighted by molar-refractivity contribution is 7.26. The Morgan fingerprint density at radius 1 is 0.377 bits per heavy atom. The van der Waals surface area contributed by atoms with E-state index in [-0.39, 0.29) is 0 Å². The molecule has 246 valence electrons. The predicted octanol–water partition coefficient (Wildman–Crippen LogP) is 15.2. The lowest BCUT2D eigenvalue weighted by Crippen LogP contribution is -1.91. The Bertz CT molecular complexity index is 3410. The quantitative estimate of drug-likeness (QED) is 0.172. The maximum absolute atomic E-state index is 6.87.